The third-order valence-corrected chi connectivity index (χ3v) is 11.6. The van der Waals surface area contributed by atoms with E-state index in [1.165, 1.54) is 21.5 Å². The van der Waals surface area contributed by atoms with Crippen molar-refractivity contribution in [3.8, 4) is 0 Å². The molecule has 154 valence electrons. The van der Waals surface area contributed by atoms with Crippen LogP contribution in [0.5, 0.6) is 0 Å². The summed E-state index contributed by atoms with van der Waals surface area (Å²) in [6.07, 6.45) is 0.832. The number of hydrogen-bond acceptors (Lipinski definition) is 1. The standard InChI is InChI=1S/C27H27OP.BrH/c1-2-28-29(25-17-9-4-10-18-25,26-19-11-5-12-20-26,27-21-13-6-14-22-27)23-24-15-7-3-8-16-24;/h3-22H,2,23H2,1H3;1H. The van der Waals surface area contributed by atoms with Gasteiger partial charge in [0.05, 0.1) is 0 Å². The molecule has 30 heavy (non-hydrogen) atoms. The average Bonchev–Trinajstić information content (AvgIpc) is 2.81. The maximum absolute atomic E-state index is 7.11. The molecule has 0 amide bonds. The molecular formula is C27H28BrOP. The van der Waals surface area contributed by atoms with Crippen molar-refractivity contribution in [2.75, 3.05) is 6.61 Å². The van der Waals surface area contributed by atoms with E-state index in [1.807, 2.05) is 0 Å². The minimum absolute atomic E-state index is 0. The Hall–Kier alpha value is -2.25. The molecule has 3 heteroatoms. The van der Waals surface area contributed by atoms with Crippen molar-refractivity contribution in [2.24, 2.45) is 0 Å². The van der Waals surface area contributed by atoms with Gasteiger partial charge in [-0.25, -0.2) is 0 Å². The van der Waals surface area contributed by atoms with Crippen molar-refractivity contribution in [2.45, 2.75) is 13.1 Å². The predicted octanol–water partition coefficient (Wildman–Crippen LogP) is 6.25. The van der Waals surface area contributed by atoms with Crippen molar-refractivity contribution >= 4 is 39.7 Å². The zero-order chi connectivity index (χ0) is 20.0. The fraction of sp³-hybridized carbons (Fsp3) is 0.111. The summed E-state index contributed by atoms with van der Waals surface area (Å²) < 4.78 is 7.11. The zero-order valence-corrected chi connectivity index (χ0v) is 19.8. The number of benzene rings is 4. The minimum atomic E-state index is -3.23. The first-order valence-electron chi connectivity index (χ1n) is 10.2. The van der Waals surface area contributed by atoms with E-state index >= 15 is 0 Å². The molecule has 4 rings (SSSR count). The van der Waals surface area contributed by atoms with E-state index in [0.29, 0.717) is 6.61 Å². The Morgan fingerprint density at radius 3 is 1.20 bits per heavy atom. The molecule has 0 bridgehead atoms. The van der Waals surface area contributed by atoms with Crippen LogP contribution in [0.4, 0.5) is 0 Å². The van der Waals surface area contributed by atoms with Crippen LogP contribution in [0.2, 0.25) is 0 Å². The van der Waals surface area contributed by atoms with E-state index in [2.05, 4.69) is 128 Å². The summed E-state index contributed by atoms with van der Waals surface area (Å²) >= 11 is 0. The molecule has 0 fully saturated rings. The van der Waals surface area contributed by atoms with E-state index in [9.17, 15) is 0 Å². The molecule has 0 saturated carbocycles. The van der Waals surface area contributed by atoms with Crippen LogP contribution in [0.15, 0.2) is 121 Å². The molecule has 1 nitrogen and oxygen atoms in total. The fourth-order valence-corrected chi connectivity index (χ4v) is 10.3. The van der Waals surface area contributed by atoms with Crippen molar-refractivity contribution in [1.29, 1.82) is 0 Å². The Morgan fingerprint density at radius 2 is 0.867 bits per heavy atom. The number of rotatable bonds is 7. The van der Waals surface area contributed by atoms with Crippen molar-refractivity contribution in [3.63, 3.8) is 0 Å². The summed E-state index contributed by atoms with van der Waals surface area (Å²) in [7, 11) is 0. The topological polar surface area (TPSA) is 9.23 Å². The molecule has 0 aliphatic heterocycles. The summed E-state index contributed by atoms with van der Waals surface area (Å²) in [6.45, 7) is -0.479. The summed E-state index contributed by atoms with van der Waals surface area (Å²) in [6, 6.07) is 43.3. The first-order chi connectivity index (χ1) is 14.3. The second kappa shape index (κ2) is 9.71. The van der Waals surface area contributed by atoms with Gasteiger partial charge < -0.3 is 0 Å². The number of halogens is 1. The zero-order valence-electron chi connectivity index (χ0n) is 17.2. The Kier molecular flexibility index (Phi) is 7.26. The maximum atomic E-state index is 7.11. The van der Waals surface area contributed by atoms with Gasteiger partial charge in [0.15, 0.2) is 0 Å². The van der Waals surface area contributed by atoms with Gasteiger partial charge in [0.1, 0.15) is 0 Å². The van der Waals surface area contributed by atoms with Gasteiger partial charge >= 0.3 is 174 Å². The van der Waals surface area contributed by atoms with Crippen molar-refractivity contribution in [3.05, 3.63) is 127 Å². The van der Waals surface area contributed by atoms with Crippen LogP contribution in [0, 0.1) is 0 Å². The van der Waals surface area contributed by atoms with E-state index in [-0.39, 0.29) is 17.0 Å². The van der Waals surface area contributed by atoms with Gasteiger partial charge in [-0.1, -0.05) is 0 Å². The molecule has 0 aliphatic rings. The van der Waals surface area contributed by atoms with Crippen LogP contribution in [0.1, 0.15) is 12.5 Å². The first kappa shape index (κ1) is 22.4. The van der Waals surface area contributed by atoms with E-state index in [1.54, 1.807) is 0 Å². The Bertz CT molecular complexity index is 938. The van der Waals surface area contributed by atoms with E-state index in [4.69, 9.17) is 4.52 Å². The molecule has 0 unspecified atom stereocenters. The van der Waals surface area contributed by atoms with Crippen LogP contribution in [0.25, 0.3) is 0 Å². The molecule has 0 spiro atoms. The molecule has 0 saturated heterocycles. The van der Waals surface area contributed by atoms with Gasteiger partial charge in [-0.3, -0.25) is 0 Å². The molecular weight excluding hydrogens is 451 g/mol. The van der Waals surface area contributed by atoms with Crippen LogP contribution in [-0.4, -0.2) is 6.61 Å². The van der Waals surface area contributed by atoms with E-state index in [0.717, 1.165) is 6.16 Å². The Morgan fingerprint density at radius 1 is 0.533 bits per heavy atom. The van der Waals surface area contributed by atoms with Crippen molar-refractivity contribution in [1.82, 2.24) is 0 Å². The predicted molar refractivity (Wildman–Crippen MR) is 137 cm³/mol. The Balaban J connectivity index is 0.00000256. The van der Waals surface area contributed by atoms with Crippen LogP contribution in [0.3, 0.4) is 0 Å². The fourth-order valence-electron chi connectivity index (χ4n) is 4.44. The van der Waals surface area contributed by atoms with Crippen LogP contribution >= 0.6 is 23.8 Å². The third kappa shape index (κ3) is 3.76. The third-order valence-electron chi connectivity index (χ3n) is 5.65. The monoisotopic (exact) mass is 478 g/mol. The van der Waals surface area contributed by atoms with Crippen molar-refractivity contribution < 1.29 is 4.52 Å². The molecule has 0 heterocycles. The van der Waals surface area contributed by atoms with Gasteiger partial charge in [-0.2, -0.15) is 0 Å². The van der Waals surface area contributed by atoms with Gasteiger partial charge in [0.2, 0.25) is 0 Å². The molecule has 0 N–H and O–H groups in total. The van der Waals surface area contributed by atoms with Gasteiger partial charge in [-0.15, -0.1) is 17.0 Å². The second-order valence-corrected chi connectivity index (χ2v) is 11.8. The SMILES string of the molecule is Br.CCOP(Cc1ccccc1)(c1ccccc1)(c1ccccc1)c1ccccc1. The molecule has 0 radical (unpaired) electrons. The molecule has 4 aromatic rings. The van der Waals surface area contributed by atoms with Gasteiger partial charge in [-0.05, 0) is 0 Å². The second-order valence-electron chi connectivity index (χ2n) is 7.28. The van der Waals surface area contributed by atoms with Crippen LogP contribution < -0.4 is 15.9 Å². The summed E-state index contributed by atoms with van der Waals surface area (Å²) in [5.41, 5.74) is 1.29. The van der Waals surface area contributed by atoms with E-state index < -0.39 is 6.83 Å². The summed E-state index contributed by atoms with van der Waals surface area (Å²) in [5, 5.41) is 3.80. The van der Waals surface area contributed by atoms with Crippen LogP contribution in [-0.2, 0) is 10.7 Å². The molecule has 0 aromatic heterocycles. The molecule has 0 atom stereocenters. The normalized spacial score (nSPS) is 12.4. The average molecular weight is 479 g/mol. The summed E-state index contributed by atoms with van der Waals surface area (Å²) in [5.74, 6) is 0. The van der Waals surface area contributed by atoms with Gasteiger partial charge in [0, 0.05) is 0 Å². The first-order valence-corrected chi connectivity index (χ1v) is 12.5. The number of hydrogen-bond donors (Lipinski definition) is 0. The molecule has 0 aliphatic carbocycles. The molecule has 4 aromatic carbocycles. The van der Waals surface area contributed by atoms with Gasteiger partial charge in [0.25, 0.3) is 0 Å². The quantitative estimate of drug-likeness (QED) is 0.285. The summed E-state index contributed by atoms with van der Waals surface area (Å²) in [4.78, 5) is 0. The Labute approximate surface area is 190 Å².